The number of amides is 3. The van der Waals surface area contributed by atoms with E-state index in [1.165, 1.54) is 0 Å². The lowest BCUT2D eigenvalue weighted by Gasteiger charge is -2.32. The molecule has 0 aliphatic carbocycles. The van der Waals surface area contributed by atoms with E-state index in [9.17, 15) is 9.59 Å². The minimum absolute atomic E-state index is 0.0314. The number of hydrogen-bond acceptors (Lipinski definition) is 2. The topological polar surface area (TPSA) is 70.2 Å². The summed E-state index contributed by atoms with van der Waals surface area (Å²) in [5, 5.41) is 9.73. The number of halogens is 2. The molecule has 3 rings (SSSR count). The van der Waals surface area contributed by atoms with Gasteiger partial charge in [-0.25, -0.2) is 4.79 Å². The second kappa shape index (κ2) is 7.76. The molecule has 2 aromatic rings. The van der Waals surface area contributed by atoms with Gasteiger partial charge in [-0.2, -0.15) is 0 Å². The largest absolute Gasteiger partial charge is 0.354 e. The van der Waals surface area contributed by atoms with E-state index >= 15 is 0 Å². The number of carbonyl (C=O) groups excluding carboxylic acids is 2. The third-order valence-electron chi connectivity index (χ3n) is 4.13. The number of anilines is 1. The Labute approximate surface area is 155 Å². The summed E-state index contributed by atoms with van der Waals surface area (Å²) in [4.78, 5) is 24.1. The summed E-state index contributed by atoms with van der Waals surface area (Å²) in [6.07, 6.45) is 0.313. The Bertz CT molecular complexity index is 763. The van der Waals surface area contributed by atoms with E-state index in [4.69, 9.17) is 23.2 Å². The molecule has 0 bridgehead atoms. The number of rotatable bonds is 3. The average Bonchev–Trinajstić information content (AvgIpc) is 2.59. The van der Waals surface area contributed by atoms with Gasteiger partial charge in [-0.3, -0.25) is 4.79 Å². The van der Waals surface area contributed by atoms with Crippen molar-refractivity contribution in [2.75, 3.05) is 11.9 Å². The van der Waals surface area contributed by atoms with Gasteiger partial charge in [-0.1, -0.05) is 35.3 Å². The molecule has 3 amide bonds. The molecule has 0 aromatic heterocycles. The van der Waals surface area contributed by atoms with Gasteiger partial charge in [0.15, 0.2) is 0 Å². The highest BCUT2D eigenvalue weighted by Crippen LogP contribution is 2.27. The summed E-state index contributed by atoms with van der Waals surface area (Å²) in [6.45, 7) is 0.375. The Hall–Kier alpha value is -2.24. The number of nitrogens with one attached hydrogen (secondary N) is 3. The number of piperidine rings is 1. The van der Waals surface area contributed by atoms with Gasteiger partial charge in [-0.05, 0) is 42.0 Å². The van der Waals surface area contributed by atoms with Crippen LogP contribution in [0.15, 0.2) is 48.5 Å². The number of carbonyl (C=O) groups is 2. The Morgan fingerprint density at radius 2 is 1.60 bits per heavy atom. The van der Waals surface area contributed by atoms with E-state index in [1.807, 2.05) is 12.1 Å². The fourth-order valence-electron chi connectivity index (χ4n) is 2.86. The first-order valence-electron chi connectivity index (χ1n) is 7.86. The van der Waals surface area contributed by atoms with Crippen LogP contribution in [0.1, 0.15) is 17.9 Å². The van der Waals surface area contributed by atoms with Crippen LogP contribution < -0.4 is 16.0 Å². The van der Waals surface area contributed by atoms with Gasteiger partial charge in [0, 0.05) is 34.6 Å². The standard InChI is InChI=1S/C18H17Cl2N3O2/c19-12-3-1-11(2-4-12)15-9-17(24)21-10-16(15)23-18(25)22-14-7-5-13(20)6-8-14/h1-8,15-16H,9-10H2,(H,21,24)(H2,22,23,25). The molecular weight excluding hydrogens is 361 g/mol. The quantitative estimate of drug-likeness (QED) is 0.761. The Balaban J connectivity index is 1.69. The van der Waals surface area contributed by atoms with Crippen molar-refractivity contribution in [3.63, 3.8) is 0 Å². The zero-order chi connectivity index (χ0) is 17.8. The zero-order valence-electron chi connectivity index (χ0n) is 13.3. The van der Waals surface area contributed by atoms with E-state index in [0.717, 1.165) is 5.56 Å². The molecule has 1 heterocycles. The molecule has 2 aromatic carbocycles. The monoisotopic (exact) mass is 377 g/mol. The molecule has 3 N–H and O–H groups in total. The third-order valence-corrected chi connectivity index (χ3v) is 4.63. The van der Waals surface area contributed by atoms with Crippen LogP contribution in [0.2, 0.25) is 10.0 Å². The molecule has 25 heavy (non-hydrogen) atoms. The summed E-state index contributed by atoms with van der Waals surface area (Å²) < 4.78 is 0. The van der Waals surface area contributed by atoms with E-state index < -0.39 is 0 Å². The van der Waals surface area contributed by atoms with Crippen molar-refractivity contribution in [3.05, 3.63) is 64.1 Å². The van der Waals surface area contributed by atoms with Crippen LogP contribution in [0.5, 0.6) is 0 Å². The smallest absolute Gasteiger partial charge is 0.319 e. The second-order valence-corrected chi connectivity index (χ2v) is 6.75. The number of urea groups is 1. The fraction of sp³-hybridized carbons (Fsp3) is 0.222. The minimum atomic E-state index is -0.331. The van der Waals surface area contributed by atoms with E-state index in [2.05, 4.69) is 16.0 Å². The molecule has 5 nitrogen and oxygen atoms in total. The van der Waals surface area contributed by atoms with E-state index in [-0.39, 0.29) is 23.9 Å². The SMILES string of the molecule is O=C1CC(c2ccc(Cl)cc2)C(NC(=O)Nc2ccc(Cl)cc2)CN1. The van der Waals surface area contributed by atoms with Gasteiger partial charge in [0.1, 0.15) is 0 Å². The molecule has 0 radical (unpaired) electrons. The van der Waals surface area contributed by atoms with Gasteiger partial charge in [0.25, 0.3) is 0 Å². The Morgan fingerprint density at radius 3 is 2.24 bits per heavy atom. The van der Waals surface area contributed by atoms with Crippen molar-refractivity contribution < 1.29 is 9.59 Å². The lowest BCUT2D eigenvalue weighted by Crippen LogP contribution is -2.52. The lowest BCUT2D eigenvalue weighted by molar-refractivity contribution is -0.123. The molecule has 2 atom stereocenters. The molecule has 0 spiro atoms. The summed E-state index contributed by atoms with van der Waals surface area (Å²) in [7, 11) is 0. The molecule has 7 heteroatoms. The second-order valence-electron chi connectivity index (χ2n) is 5.88. The fourth-order valence-corrected chi connectivity index (χ4v) is 3.11. The Kier molecular flexibility index (Phi) is 5.46. The molecule has 1 aliphatic heterocycles. The van der Waals surface area contributed by atoms with Crippen molar-refractivity contribution in [1.82, 2.24) is 10.6 Å². The number of hydrogen-bond donors (Lipinski definition) is 3. The average molecular weight is 378 g/mol. The maximum Gasteiger partial charge on any atom is 0.319 e. The molecular formula is C18H17Cl2N3O2. The zero-order valence-corrected chi connectivity index (χ0v) is 14.8. The van der Waals surface area contributed by atoms with Crippen LogP contribution in [0.25, 0.3) is 0 Å². The van der Waals surface area contributed by atoms with Crippen LogP contribution >= 0.6 is 23.2 Å². The summed E-state index contributed by atoms with van der Waals surface area (Å²) >= 11 is 11.8. The first-order valence-corrected chi connectivity index (χ1v) is 8.62. The maximum absolute atomic E-state index is 12.3. The first-order chi connectivity index (χ1) is 12.0. The van der Waals surface area contributed by atoms with Gasteiger partial charge in [-0.15, -0.1) is 0 Å². The summed E-state index contributed by atoms with van der Waals surface area (Å²) in [6, 6.07) is 13.6. The van der Waals surface area contributed by atoms with Crippen LogP contribution in [-0.4, -0.2) is 24.5 Å². The number of benzene rings is 2. The minimum Gasteiger partial charge on any atom is -0.354 e. The van der Waals surface area contributed by atoms with E-state index in [0.29, 0.717) is 28.7 Å². The van der Waals surface area contributed by atoms with Gasteiger partial charge >= 0.3 is 6.03 Å². The predicted molar refractivity (Wildman–Crippen MR) is 99.2 cm³/mol. The van der Waals surface area contributed by atoms with Crippen LogP contribution in [0, 0.1) is 0 Å². The van der Waals surface area contributed by atoms with Crippen LogP contribution in [0.3, 0.4) is 0 Å². The summed E-state index contributed by atoms with van der Waals surface area (Å²) in [5.41, 5.74) is 1.61. The lowest BCUT2D eigenvalue weighted by atomic mass is 9.86. The summed E-state index contributed by atoms with van der Waals surface area (Å²) in [5.74, 6) is -0.141. The molecule has 1 fully saturated rings. The highest BCUT2D eigenvalue weighted by Gasteiger charge is 2.31. The van der Waals surface area contributed by atoms with Gasteiger partial charge in [0.05, 0.1) is 6.04 Å². The first kappa shape index (κ1) is 17.6. The van der Waals surface area contributed by atoms with E-state index in [1.54, 1.807) is 36.4 Å². The Morgan fingerprint density at radius 1 is 1.00 bits per heavy atom. The third kappa shape index (κ3) is 4.65. The van der Waals surface area contributed by atoms with Crippen molar-refractivity contribution in [3.8, 4) is 0 Å². The molecule has 2 unspecified atom stereocenters. The molecule has 1 saturated heterocycles. The highest BCUT2D eigenvalue weighted by molar-refractivity contribution is 6.30. The molecule has 0 saturated carbocycles. The molecule has 1 aliphatic rings. The van der Waals surface area contributed by atoms with Crippen LogP contribution in [-0.2, 0) is 4.79 Å². The maximum atomic E-state index is 12.3. The molecule has 130 valence electrons. The van der Waals surface area contributed by atoms with Crippen molar-refractivity contribution in [1.29, 1.82) is 0 Å². The van der Waals surface area contributed by atoms with Gasteiger partial charge < -0.3 is 16.0 Å². The van der Waals surface area contributed by atoms with Crippen LogP contribution in [0.4, 0.5) is 10.5 Å². The van der Waals surface area contributed by atoms with Crippen molar-refractivity contribution in [2.24, 2.45) is 0 Å². The predicted octanol–water partition coefficient (Wildman–Crippen LogP) is 3.79. The van der Waals surface area contributed by atoms with Gasteiger partial charge in [0.2, 0.25) is 5.91 Å². The van der Waals surface area contributed by atoms with Crippen molar-refractivity contribution in [2.45, 2.75) is 18.4 Å². The highest BCUT2D eigenvalue weighted by atomic mass is 35.5. The van der Waals surface area contributed by atoms with Crippen molar-refractivity contribution >= 4 is 40.8 Å². The normalized spacial score (nSPS) is 19.8.